The van der Waals surface area contributed by atoms with Crippen LogP contribution >= 0.6 is 0 Å². The van der Waals surface area contributed by atoms with E-state index in [1.807, 2.05) is 0 Å². The zero-order chi connectivity index (χ0) is 10.7. The third-order valence-corrected chi connectivity index (χ3v) is 1.47. The van der Waals surface area contributed by atoms with Crippen LogP contribution in [0.15, 0.2) is 12.3 Å². The van der Waals surface area contributed by atoms with Gasteiger partial charge < -0.3 is 10.0 Å². The molecule has 1 aromatic heterocycles. The summed E-state index contributed by atoms with van der Waals surface area (Å²) in [6, 6.07) is 1.37. The van der Waals surface area contributed by atoms with Gasteiger partial charge in [0.15, 0.2) is 0 Å². The highest BCUT2D eigenvalue weighted by Gasteiger charge is 2.13. The van der Waals surface area contributed by atoms with E-state index in [0.717, 1.165) is 0 Å². The maximum absolute atomic E-state index is 11.4. The van der Waals surface area contributed by atoms with Crippen molar-refractivity contribution < 1.29 is 14.7 Å². The Hall–Kier alpha value is -1.98. The molecule has 0 saturated carbocycles. The normalized spacial score (nSPS) is 9.57. The monoisotopic (exact) mass is 195 g/mol. The quantitative estimate of drug-likeness (QED) is 0.711. The lowest BCUT2D eigenvalue weighted by Gasteiger charge is -2.08. The standard InChI is InChI=1S/C8H9N3O3/c1-11(2)7(12)5-3-4-9-6(10-5)8(13)14/h3-4H,1-2H3,(H,13,14). The molecule has 0 atom stereocenters. The highest BCUT2D eigenvalue weighted by atomic mass is 16.4. The first-order chi connectivity index (χ1) is 6.52. The summed E-state index contributed by atoms with van der Waals surface area (Å²) in [6.45, 7) is 0. The molecule has 0 unspecified atom stereocenters. The second kappa shape index (κ2) is 3.82. The largest absolute Gasteiger partial charge is 0.475 e. The second-order valence-electron chi connectivity index (χ2n) is 2.77. The van der Waals surface area contributed by atoms with Gasteiger partial charge in [0.1, 0.15) is 5.69 Å². The Morgan fingerprint density at radius 2 is 2.07 bits per heavy atom. The smallest absolute Gasteiger partial charge is 0.373 e. The van der Waals surface area contributed by atoms with Crippen LogP contribution in [0.2, 0.25) is 0 Å². The van der Waals surface area contributed by atoms with E-state index in [1.165, 1.54) is 17.2 Å². The summed E-state index contributed by atoms with van der Waals surface area (Å²) in [7, 11) is 3.12. The van der Waals surface area contributed by atoms with Gasteiger partial charge in [0.2, 0.25) is 5.82 Å². The molecule has 14 heavy (non-hydrogen) atoms. The minimum absolute atomic E-state index is 0.0717. The highest BCUT2D eigenvalue weighted by molar-refractivity contribution is 5.93. The number of carbonyl (C=O) groups is 2. The molecule has 6 heteroatoms. The lowest BCUT2D eigenvalue weighted by Crippen LogP contribution is -2.23. The Morgan fingerprint density at radius 1 is 1.43 bits per heavy atom. The number of rotatable bonds is 2. The topological polar surface area (TPSA) is 83.4 Å². The van der Waals surface area contributed by atoms with Crippen molar-refractivity contribution in [2.75, 3.05) is 14.1 Å². The zero-order valence-electron chi connectivity index (χ0n) is 7.76. The molecular weight excluding hydrogens is 186 g/mol. The Bertz CT molecular complexity index is 376. The fraction of sp³-hybridized carbons (Fsp3) is 0.250. The van der Waals surface area contributed by atoms with E-state index < -0.39 is 5.97 Å². The van der Waals surface area contributed by atoms with Crippen LogP contribution in [0.5, 0.6) is 0 Å². The summed E-state index contributed by atoms with van der Waals surface area (Å²) in [6.07, 6.45) is 1.24. The molecule has 1 aromatic rings. The molecule has 0 aliphatic carbocycles. The van der Waals surface area contributed by atoms with Gasteiger partial charge in [0, 0.05) is 20.3 Å². The lowest BCUT2D eigenvalue weighted by molar-refractivity contribution is 0.0683. The third-order valence-electron chi connectivity index (χ3n) is 1.47. The molecule has 0 saturated heterocycles. The second-order valence-corrected chi connectivity index (χ2v) is 2.77. The summed E-state index contributed by atoms with van der Waals surface area (Å²) < 4.78 is 0. The summed E-state index contributed by atoms with van der Waals surface area (Å²) in [4.78, 5) is 30.3. The number of amides is 1. The number of hydrogen-bond acceptors (Lipinski definition) is 4. The molecular formula is C8H9N3O3. The number of carboxylic acids is 1. The number of aromatic nitrogens is 2. The molecule has 0 fully saturated rings. The fourth-order valence-corrected chi connectivity index (χ4v) is 0.810. The Kier molecular flexibility index (Phi) is 2.76. The minimum atomic E-state index is -1.25. The molecule has 1 amide bonds. The van der Waals surface area contributed by atoms with Gasteiger partial charge >= 0.3 is 5.97 Å². The van der Waals surface area contributed by atoms with Crippen molar-refractivity contribution in [2.45, 2.75) is 0 Å². The average Bonchev–Trinajstić information content (AvgIpc) is 2.16. The maximum atomic E-state index is 11.4. The van der Waals surface area contributed by atoms with E-state index in [4.69, 9.17) is 5.11 Å². The van der Waals surface area contributed by atoms with Gasteiger partial charge in [0.05, 0.1) is 0 Å². The van der Waals surface area contributed by atoms with Crippen LogP contribution in [0.25, 0.3) is 0 Å². The predicted octanol–water partition coefficient (Wildman–Crippen LogP) is -0.123. The van der Waals surface area contributed by atoms with Gasteiger partial charge in [-0.15, -0.1) is 0 Å². The number of nitrogens with zero attached hydrogens (tertiary/aromatic N) is 3. The van der Waals surface area contributed by atoms with E-state index in [9.17, 15) is 9.59 Å². The van der Waals surface area contributed by atoms with Crippen LogP contribution < -0.4 is 0 Å². The van der Waals surface area contributed by atoms with E-state index >= 15 is 0 Å². The van der Waals surface area contributed by atoms with Crippen molar-refractivity contribution in [1.29, 1.82) is 0 Å². The number of aromatic carboxylic acids is 1. The predicted molar refractivity (Wildman–Crippen MR) is 47.0 cm³/mol. The summed E-state index contributed by atoms with van der Waals surface area (Å²) in [5, 5.41) is 8.58. The van der Waals surface area contributed by atoms with Gasteiger partial charge in [-0.25, -0.2) is 14.8 Å². The van der Waals surface area contributed by atoms with Crippen molar-refractivity contribution in [2.24, 2.45) is 0 Å². The molecule has 0 bridgehead atoms. The molecule has 74 valence electrons. The van der Waals surface area contributed by atoms with Gasteiger partial charge in [-0.2, -0.15) is 0 Å². The molecule has 0 radical (unpaired) electrons. The van der Waals surface area contributed by atoms with E-state index in [0.29, 0.717) is 0 Å². The van der Waals surface area contributed by atoms with Crippen molar-refractivity contribution in [3.8, 4) is 0 Å². The van der Waals surface area contributed by atoms with Crippen molar-refractivity contribution >= 4 is 11.9 Å². The summed E-state index contributed by atoms with van der Waals surface area (Å²) in [5.41, 5.74) is 0.0717. The van der Waals surface area contributed by atoms with Crippen LogP contribution in [0.1, 0.15) is 21.1 Å². The first kappa shape index (κ1) is 10.1. The fourth-order valence-electron chi connectivity index (χ4n) is 0.810. The van der Waals surface area contributed by atoms with Gasteiger partial charge in [-0.1, -0.05) is 0 Å². The molecule has 1 rings (SSSR count). The highest BCUT2D eigenvalue weighted by Crippen LogP contribution is 1.98. The van der Waals surface area contributed by atoms with Gasteiger partial charge in [-0.05, 0) is 6.07 Å². The first-order valence-electron chi connectivity index (χ1n) is 3.80. The molecule has 1 N–H and O–H groups in total. The lowest BCUT2D eigenvalue weighted by atomic mass is 10.3. The SMILES string of the molecule is CN(C)C(=O)c1ccnc(C(=O)O)n1. The number of carbonyl (C=O) groups excluding carboxylic acids is 1. The molecule has 0 spiro atoms. The number of hydrogen-bond donors (Lipinski definition) is 1. The average molecular weight is 195 g/mol. The van der Waals surface area contributed by atoms with Gasteiger partial charge in [-0.3, -0.25) is 4.79 Å². The van der Waals surface area contributed by atoms with Crippen LogP contribution in [0.3, 0.4) is 0 Å². The van der Waals surface area contributed by atoms with Gasteiger partial charge in [0.25, 0.3) is 5.91 Å². The van der Waals surface area contributed by atoms with E-state index in [-0.39, 0.29) is 17.4 Å². The summed E-state index contributed by atoms with van der Waals surface area (Å²) in [5.74, 6) is -1.98. The van der Waals surface area contributed by atoms with Crippen LogP contribution in [-0.4, -0.2) is 45.9 Å². The Balaban J connectivity index is 3.06. The maximum Gasteiger partial charge on any atom is 0.373 e. The van der Waals surface area contributed by atoms with Crippen LogP contribution in [0.4, 0.5) is 0 Å². The molecule has 6 nitrogen and oxygen atoms in total. The Morgan fingerprint density at radius 3 is 2.57 bits per heavy atom. The third kappa shape index (κ3) is 2.03. The van der Waals surface area contributed by atoms with E-state index in [2.05, 4.69) is 9.97 Å². The van der Waals surface area contributed by atoms with Crippen molar-refractivity contribution in [3.05, 3.63) is 23.8 Å². The molecule has 0 aromatic carbocycles. The van der Waals surface area contributed by atoms with Crippen LogP contribution in [-0.2, 0) is 0 Å². The Labute approximate surface area is 80.2 Å². The molecule has 0 aliphatic heterocycles. The molecule has 0 aliphatic rings. The number of carboxylic acid groups (broad SMARTS) is 1. The zero-order valence-corrected chi connectivity index (χ0v) is 7.76. The van der Waals surface area contributed by atoms with E-state index in [1.54, 1.807) is 14.1 Å². The first-order valence-corrected chi connectivity index (χ1v) is 3.80. The van der Waals surface area contributed by atoms with Crippen molar-refractivity contribution in [3.63, 3.8) is 0 Å². The van der Waals surface area contributed by atoms with Crippen LogP contribution in [0, 0.1) is 0 Å². The summed E-state index contributed by atoms with van der Waals surface area (Å²) >= 11 is 0. The minimum Gasteiger partial charge on any atom is -0.475 e. The molecule has 1 heterocycles. The van der Waals surface area contributed by atoms with Crippen molar-refractivity contribution in [1.82, 2.24) is 14.9 Å².